The molecule has 8 nitrogen and oxygen atoms in total. The third-order valence-electron chi connectivity index (χ3n) is 7.60. The van der Waals surface area contributed by atoms with Gasteiger partial charge in [0.1, 0.15) is 5.75 Å². The third-order valence-corrected chi connectivity index (χ3v) is 7.60. The van der Waals surface area contributed by atoms with Crippen LogP contribution in [0.2, 0.25) is 0 Å². The minimum atomic E-state index is -0.0795. The number of benzene rings is 2. The highest BCUT2D eigenvalue weighted by Gasteiger charge is 2.22. The van der Waals surface area contributed by atoms with Crippen molar-refractivity contribution in [1.29, 1.82) is 0 Å². The quantitative estimate of drug-likeness (QED) is 0.267. The predicted octanol–water partition coefficient (Wildman–Crippen LogP) is 5.93. The molecule has 0 saturated heterocycles. The van der Waals surface area contributed by atoms with Gasteiger partial charge in [-0.1, -0.05) is 30.9 Å². The molecule has 214 valence electrons. The molecule has 6 bridgehead atoms. The molecule has 1 aliphatic heterocycles. The number of hydrogen-bond acceptors (Lipinski definition) is 7. The largest absolute Gasteiger partial charge is 0.493 e. The zero-order valence-corrected chi connectivity index (χ0v) is 23.8. The van der Waals surface area contributed by atoms with Crippen molar-refractivity contribution < 1.29 is 9.53 Å². The van der Waals surface area contributed by atoms with Gasteiger partial charge in [-0.25, -0.2) is 9.97 Å². The standard InChI is InChI=1S/C33H40N6O2/c1-3-32(40)36-27-12-10-24(11-13-27)22-35-28-18-25-19-29(21-28)37-33-34-15-14-31(38-33)26-8-7-9-30(20-26)41-17-6-4-5-16-39(2)23-25/h3-5,7-9,14-15,18-21,24,27,35H,1,6,10-13,16-17,22-23H2,2H3,(H,36,40)(H,34,37,38)/b5-4+. The summed E-state index contributed by atoms with van der Waals surface area (Å²) in [6, 6.07) is 16.7. The van der Waals surface area contributed by atoms with Gasteiger partial charge >= 0.3 is 0 Å². The SMILES string of the molecule is C=CC(=O)NC1CCC(CNc2cc3cc(c2)Nc2nccc(n2)-c2cccc(c2)OCC/C=C/CN(C)C3)CC1. The van der Waals surface area contributed by atoms with Crippen molar-refractivity contribution in [3.8, 4) is 17.0 Å². The number of amides is 1. The van der Waals surface area contributed by atoms with Gasteiger partial charge in [0.15, 0.2) is 0 Å². The molecule has 3 aromatic rings. The predicted molar refractivity (Wildman–Crippen MR) is 165 cm³/mol. The second-order valence-corrected chi connectivity index (χ2v) is 11.0. The van der Waals surface area contributed by atoms with Crippen molar-refractivity contribution >= 4 is 23.2 Å². The highest BCUT2D eigenvalue weighted by molar-refractivity contribution is 5.87. The summed E-state index contributed by atoms with van der Waals surface area (Å²) in [5.41, 5.74) is 5.05. The number of likely N-dealkylation sites (N-methyl/N-ethyl adjacent to an activating group) is 1. The fourth-order valence-electron chi connectivity index (χ4n) is 5.44. The Labute approximate surface area is 242 Å². The number of anilines is 3. The molecule has 0 unspecified atom stereocenters. The second-order valence-electron chi connectivity index (χ2n) is 11.0. The Balaban J connectivity index is 1.33. The van der Waals surface area contributed by atoms with Crippen molar-refractivity contribution in [2.75, 3.05) is 37.4 Å². The topological polar surface area (TPSA) is 91.4 Å². The molecule has 1 aromatic heterocycles. The van der Waals surface area contributed by atoms with Crippen molar-refractivity contribution in [2.45, 2.75) is 44.7 Å². The van der Waals surface area contributed by atoms with Crippen LogP contribution in [0.25, 0.3) is 11.3 Å². The maximum Gasteiger partial charge on any atom is 0.243 e. The minimum Gasteiger partial charge on any atom is -0.493 e. The average molecular weight is 553 g/mol. The summed E-state index contributed by atoms with van der Waals surface area (Å²) in [4.78, 5) is 23.3. The molecule has 41 heavy (non-hydrogen) atoms. The van der Waals surface area contributed by atoms with E-state index >= 15 is 0 Å². The molecule has 0 radical (unpaired) electrons. The second kappa shape index (κ2) is 13.9. The molecular formula is C33H40N6O2. The number of carbonyl (C=O) groups is 1. The van der Waals surface area contributed by atoms with Crippen LogP contribution >= 0.6 is 0 Å². The van der Waals surface area contributed by atoms with Gasteiger partial charge in [0.25, 0.3) is 0 Å². The number of nitrogens with zero attached hydrogens (tertiary/aromatic N) is 3. The van der Waals surface area contributed by atoms with Crippen LogP contribution in [0.1, 0.15) is 37.7 Å². The van der Waals surface area contributed by atoms with E-state index in [4.69, 9.17) is 9.72 Å². The van der Waals surface area contributed by atoms with Crippen molar-refractivity contribution in [1.82, 2.24) is 20.2 Å². The van der Waals surface area contributed by atoms with Gasteiger partial charge < -0.3 is 20.7 Å². The minimum absolute atomic E-state index is 0.0795. The van der Waals surface area contributed by atoms with Crippen LogP contribution in [0.4, 0.5) is 17.3 Å². The highest BCUT2D eigenvalue weighted by atomic mass is 16.5. The molecule has 5 rings (SSSR count). The monoisotopic (exact) mass is 552 g/mol. The summed E-state index contributed by atoms with van der Waals surface area (Å²) in [6.07, 6.45) is 12.5. The zero-order valence-electron chi connectivity index (χ0n) is 23.8. The van der Waals surface area contributed by atoms with E-state index in [2.05, 4.69) is 69.8 Å². The van der Waals surface area contributed by atoms with Gasteiger partial charge in [-0.2, -0.15) is 0 Å². The van der Waals surface area contributed by atoms with Crippen LogP contribution in [0.5, 0.6) is 5.75 Å². The first-order valence-corrected chi connectivity index (χ1v) is 14.5. The summed E-state index contributed by atoms with van der Waals surface area (Å²) < 4.78 is 5.98. The lowest BCUT2D eigenvalue weighted by Crippen LogP contribution is -2.37. The normalized spacial score (nSPS) is 20.3. The maximum absolute atomic E-state index is 11.7. The highest BCUT2D eigenvalue weighted by Crippen LogP contribution is 2.28. The first kappa shape index (κ1) is 28.4. The lowest BCUT2D eigenvalue weighted by atomic mass is 9.86. The number of fused-ring (bicyclic) bond motifs is 7. The first-order chi connectivity index (χ1) is 20.0. The average Bonchev–Trinajstić information content (AvgIpc) is 2.98. The zero-order chi connectivity index (χ0) is 28.4. The fraction of sp³-hybridized carbons (Fsp3) is 0.364. The van der Waals surface area contributed by atoms with Crippen LogP contribution in [0, 0.1) is 5.92 Å². The molecule has 0 spiro atoms. The van der Waals surface area contributed by atoms with E-state index in [1.807, 2.05) is 30.3 Å². The number of hydrogen-bond donors (Lipinski definition) is 3. The number of carbonyl (C=O) groups excluding carboxylic acids is 1. The van der Waals surface area contributed by atoms with Gasteiger partial charge in [0, 0.05) is 48.8 Å². The summed E-state index contributed by atoms with van der Waals surface area (Å²) in [5.74, 6) is 1.87. The summed E-state index contributed by atoms with van der Waals surface area (Å²) in [5, 5.41) is 10.2. The van der Waals surface area contributed by atoms with Crippen LogP contribution in [0.15, 0.2) is 79.5 Å². The molecule has 2 aromatic carbocycles. The molecule has 3 N–H and O–H groups in total. The van der Waals surface area contributed by atoms with Crippen LogP contribution in [-0.2, 0) is 11.3 Å². The van der Waals surface area contributed by atoms with Crippen LogP contribution in [-0.4, -0.2) is 53.6 Å². The van der Waals surface area contributed by atoms with Gasteiger partial charge in [0.2, 0.25) is 11.9 Å². The van der Waals surface area contributed by atoms with E-state index in [9.17, 15) is 4.79 Å². The summed E-state index contributed by atoms with van der Waals surface area (Å²) >= 11 is 0. The number of nitrogens with one attached hydrogen (secondary N) is 3. The van der Waals surface area contributed by atoms with E-state index in [0.29, 0.717) is 18.5 Å². The fourth-order valence-corrected chi connectivity index (χ4v) is 5.44. The summed E-state index contributed by atoms with van der Waals surface area (Å²) in [7, 11) is 2.13. The third kappa shape index (κ3) is 8.41. The van der Waals surface area contributed by atoms with Gasteiger partial charge in [-0.3, -0.25) is 9.69 Å². The van der Waals surface area contributed by atoms with E-state index in [-0.39, 0.29) is 11.9 Å². The maximum atomic E-state index is 11.7. The molecule has 0 atom stereocenters. The van der Waals surface area contributed by atoms with E-state index < -0.39 is 0 Å². The number of aromatic nitrogens is 2. The Bertz CT molecular complexity index is 1370. The van der Waals surface area contributed by atoms with Crippen molar-refractivity contribution in [3.05, 3.63) is 85.1 Å². The Morgan fingerprint density at radius 3 is 2.88 bits per heavy atom. The van der Waals surface area contributed by atoms with E-state index in [1.54, 1.807) is 6.20 Å². The van der Waals surface area contributed by atoms with Gasteiger partial charge in [0.05, 0.1) is 12.3 Å². The van der Waals surface area contributed by atoms with Crippen molar-refractivity contribution in [2.24, 2.45) is 5.92 Å². The number of ether oxygens (including phenoxy) is 1. The van der Waals surface area contributed by atoms with Crippen molar-refractivity contribution in [3.63, 3.8) is 0 Å². The molecule has 1 amide bonds. The lowest BCUT2D eigenvalue weighted by molar-refractivity contribution is -0.117. The van der Waals surface area contributed by atoms with Gasteiger partial charge in [-0.15, -0.1) is 0 Å². The van der Waals surface area contributed by atoms with Crippen LogP contribution in [0.3, 0.4) is 0 Å². The van der Waals surface area contributed by atoms with Crippen LogP contribution < -0.4 is 20.7 Å². The lowest BCUT2D eigenvalue weighted by Gasteiger charge is -2.29. The molecule has 1 fully saturated rings. The molecule has 8 heteroatoms. The molecule has 1 saturated carbocycles. The van der Waals surface area contributed by atoms with E-state index in [0.717, 1.165) is 80.1 Å². The molecule has 2 heterocycles. The molecule has 2 aliphatic rings. The smallest absolute Gasteiger partial charge is 0.243 e. The Kier molecular flexibility index (Phi) is 9.65. The molecular weight excluding hydrogens is 512 g/mol. The Morgan fingerprint density at radius 2 is 2.02 bits per heavy atom. The Hall–Kier alpha value is -4.17. The Morgan fingerprint density at radius 1 is 1.15 bits per heavy atom. The molecule has 1 aliphatic carbocycles. The first-order valence-electron chi connectivity index (χ1n) is 14.5. The number of rotatable bonds is 5. The summed E-state index contributed by atoms with van der Waals surface area (Å²) in [6.45, 7) is 6.75. The van der Waals surface area contributed by atoms with Gasteiger partial charge in [-0.05, 0) is 93.1 Å². The van der Waals surface area contributed by atoms with E-state index in [1.165, 1.54) is 11.6 Å².